The number of aromatic nitrogens is 3. The van der Waals surface area contributed by atoms with Gasteiger partial charge in [0.2, 0.25) is 11.9 Å². The maximum absolute atomic E-state index is 11.5. The van der Waals surface area contributed by atoms with Gasteiger partial charge in [0.05, 0.1) is 16.2 Å². The highest BCUT2D eigenvalue weighted by atomic mass is 79.9. The van der Waals surface area contributed by atoms with Crippen LogP contribution in [0, 0.1) is 13.8 Å². The van der Waals surface area contributed by atoms with Gasteiger partial charge in [-0.2, -0.15) is 5.10 Å². The molecular formula is C9H13BrN4O. The number of rotatable bonds is 3. The largest absolute Gasteiger partial charge is 0.292 e. The first-order valence-corrected chi connectivity index (χ1v) is 5.59. The molecule has 0 radical (unpaired) electrons. The summed E-state index contributed by atoms with van der Waals surface area (Å²) in [6.07, 6.45) is 0.712. The molecule has 0 bridgehead atoms. The molecule has 1 unspecified atom stereocenters. The zero-order valence-corrected chi connectivity index (χ0v) is 10.5. The van der Waals surface area contributed by atoms with Gasteiger partial charge in [0.15, 0.2) is 0 Å². The minimum absolute atomic E-state index is 0.150. The molecule has 0 saturated heterocycles. The van der Waals surface area contributed by atoms with Gasteiger partial charge < -0.3 is 0 Å². The SMILES string of the molecule is CCC(Br)C(=O)Nc1nnc(C)c(C)n1. The minimum atomic E-state index is -0.220. The van der Waals surface area contributed by atoms with Crippen LogP contribution in [0.2, 0.25) is 0 Å². The van der Waals surface area contributed by atoms with Gasteiger partial charge in [-0.15, -0.1) is 5.10 Å². The van der Waals surface area contributed by atoms with Crippen LogP contribution in [0.15, 0.2) is 0 Å². The van der Waals surface area contributed by atoms with E-state index in [9.17, 15) is 4.79 Å². The normalized spacial score (nSPS) is 12.3. The van der Waals surface area contributed by atoms with E-state index in [2.05, 4.69) is 36.4 Å². The Bertz CT molecular complexity index is 369. The molecule has 5 nitrogen and oxygen atoms in total. The summed E-state index contributed by atoms with van der Waals surface area (Å²) in [5.41, 5.74) is 1.53. The second-order valence-corrected chi connectivity index (χ2v) is 4.28. The lowest BCUT2D eigenvalue weighted by Gasteiger charge is -2.07. The Labute approximate surface area is 96.8 Å². The van der Waals surface area contributed by atoms with Gasteiger partial charge in [-0.3, -0.25) is 10.1 Å². The zero-order valence-electron chi connectivity index (χ0n) is 8.91. The lowest BCUT2D eigenvalue weighted by atomic mass is 10.3. The highest BCUT2D eigenvalue weighted by Gasteiger charge is 2.14. The van der Waals surface area contributed by atoms with Crippen molar-refractivity contribution in [3.63, 3.8) is 0 Å². The average Bonchev–Trinajstić information content (AvgIpc) is 2.22. The molecule has 1 amide bonds. The molecule has 1 aromatic rings. The van der Waals surface area contributed by atoms with Crippen LogP contribution in [0.5, 0.6) is 0 Å². The second-order valence-electron chi connectivity index (χ2n) is 3.17. The van der Waals surface area contributed by atoms with Crippen LogP contribution in [0.4, 0.5) is 5.95 Å². The second kappa shape index (κ2) is 5.16. The number of carbonyl (C=O) groups is 1. The van der Waals surface area contributed by atoms with Crippen LogP contribution >= 0.6 is 15.9 Å². The molecule has 1 heterocycles. The van der Waals surface area contributed by atoms with Crippen molar-refractivity contribution in [1.29, 1.82) is 0 Å². The molecule has 0 saturated carbocycles. The third-order valence-electron chi connectivity index (χ3n) is 1.97. The maximum Gasteiger partial charge on any atom is 0.249 e. The summed E-state index contributed by atoms with van der Waals surface area (Å²) in [6.45, 7) is 5.56. The van der Waals surface area contributed by atoms with Crippen LogP contribution in [0.1, 0.15) is 24.7 Å². The average molecular weight is 273 g/mol. The number of hydrogen-bond donors (Lipinski definition) is 1. The molecule has 1 aromatic heterocycles. The molecule has 1 rings (SSSR count). The number of carbonyl (C=O) groups excluding carboxylic acids is 1. The number of halogens is 1. The van der Waals surface area contributed by atoms with Gasteiger partial charge in [-0.1, -0.05) is 22.9 Å². The van der Waals surface area contributed by atoms with Gasteiger partial charge in [0, 0.05) is 0 Å². The Morgan fingerprint density at radius 3 is 2.60 bits per heavy atom. The third-order valence-corrected chi connectivity index (χ3v) is 3.03. The molecular weight excluding hydrogens is 260 g/mol. The monoisotopic (exact) mass is 272 g/mol. The maximum atomic E-state index is 11.5. The highest BCUT2D eigenvalue weighted by Crippen LogP contribution is 2.08. The fraction of sp³-hybridized carbons (Fsp3) is 0.556. The Kier molecular flexibility index (Phi) is 4.14. The van der Waals surface area contributed by atoms with Gasteiger partial charge in [-0.05, 0) is 20.3 Å². The predicted octanol–water partition coefficient (Wildman–Crippen LogP) is 1.60. The minimum Gasteiger partial charge on any atom is -0.292 e. The molecule has 15 heavy (non-hydrogen) atoms. The van der Waals surface area contributed by atoms with Crippen LogP contribution in [0.25, 0.3) is 0 Å². The number of nitrogens with zero attached hydrogens (tertiary/aromatic N) is 3. The standard InChI is InChI=1S/C9H13BrN4O/c1-4-7(10)8(15)12-9-11-5(2)6(3)13-14-9/h7H,4H2,1-3H3,(H,11,12,14,15). The van der Waals surface area contributed by atoms with Crippen LogP contribution in [-0.4, -0.2) is 25.9 Å². The molecule has 1 atom stereocenters. The summed E-state index contributed by atoms with van der Waals surface area (Å²) in [7, 11) is 0. The fourth-order valence-corrected chi connectivity index (χ4v) is 0.998. The molecule has 1 N–H and O–H groups in total. The molecule has 0 aromatic carbocycles. The molecule has 0 aliphatic rings. The zero-order chi connectivity index (χ0) is 11.4. The van der Waals surface area contributed by atoms with Gasteiger partial charge >= 0.3 is 0 Å². The van der Waals surface area contributed by atoms with Gasteiger partial charge in [0.1, 0.15) is 0 Å². The van der Waals surface area contributed by atoms with Crippen molar-refractivity contribution in [3.05, 3.63) is 11.4 Å². The predicted molar refractivity (Wildman–Crippen MR) is 60.9 cm³/mol. The van der Waals surface area contributed by atoms with Gasteiger partial charge in [-0.25, -0.2) is 4.98 Å². The first kappa shape index (κ1) is 12.0. The number of alkyl halides is 1. The molecule has 0 aliphatic carbocycles. The smallest absolute Gasteiger partial charge is 0.249 e. The van der Waals surface area contributed by atoms with E-state index in [1.165, 1.54) is 0 Å². The summed E-state index contributed by atoms with van der Waals surface area (Å²) in [5, 5.41) is 10.2. The summed E-state index contributed by atoms with van der Waals surface area (Å²) in [4.78, 5) is 15.4. The van der Waals surface area contributed by atoms with E-state index in [0.717, 1.165) is 11.4 Å². The highest BCUT2D eigenvalue weighted by molar-refractivity contribution is 9.10. The Hall–Kier alpha value is -1.04. The van der Waals surface area contributed by atoms with Crippen molar-refractivity contribution < 1.29 is 4.79 Å². The van der Waals surface area contributed by atoms with Crippen LogP contribution in [-0.2, 0) is 4.79 Å². The Morgan fingerprint density at radius 2 is 2.07 bits per heavy atom. The van der Waals surface area contributed by atoms with Crippen LogP contribution < -0.4 is 5.32 Å². The van der Waals surface area contributed by atoms with E-state index in [0.29, 0.717) is 6.42 Å². The van der Waals surface area contributed by atoms with Crippen molar-refractivity contribution in [2.45, 2.75) is 32.0 Å². The Morgan fingerprint density at radius 1 is 1.40 bits per heavy atom. The summed E-state index contributed by atoms with van der Waals surface area (Å²) in [6, 6.07) is 0. The molecule has 0 aliphatic heterocycles. The number of nitrogens with one attached hydrogen (secondary N) is 1. The van der Waals surface area contributed by atoms with E-state index < -0.39 is 0 Å². The van der Waals surface area contributed by atoms with E-state index in [-0.39, 0.29) is 16.7 Å². The van der Waals surface area contributed by atoms with E-state index in [1.807, 2.05) is 20.8 Å². The fourth-order valence-electron chi connectivity index (χ4n) is 0.884. The first-order chi connectivity index (χ1) is 7.04. The number of anilines is 1. The summed E-state index contributed by atoms with van der Waals surface area (Å²) < 4.78 is 0. The topological polar surface area (TPSA) is 67.8 Å². The number of aryl methyl sites for hydroxylation is 2. The lowest BCUT2D eigenvalue weighted by Crippen LogP contribution is -2.23. The van der Waals surface area contributed by atoms with Gasteiger partial charge in [0.25, 0.3) is 0 Å². The van der Waals surface area contributed by atoms with E-state index >= 15 is 0 Å². The summed E-state index contributed by atoms with van der Waals surface area (Å²) in [5.74, 6) is 0.101. The van der Waals surface area contributed by atoms with Crippen molar-refractivity contribution in [2.24, 2.45) is 0 Å². The third kappa shape index (κ3) is 3.23. The molecule has 0 fully saturated rings. The number of amides is 1. The quantitative estimate of drug-likeness (QED) is 0.849. The summed E-state index contributed by atoms with van der Waals surface area (Å²) >= 11 is 3.24. The molecule has 6 heteroatoms. The Balaban J connectivity index is 2.73. The van der Waals surface area contributed by atoms with Crippen molar-refractivity contribution in [2.75, 3.05) is 5.32 Å². The van der Waals surface area contributed by atoms with Crippen molar-refractivity contribution in [1.82, 2.24) is 15.2 Å². The van der Waals surface area contributed by atoms with E-state index in [1.54, 1.807) is 0 Å². The van der Waals surface area contributed by atoms with E-state index in [4.69, 9.17) is 0 Å². The first-order valence-electron chi connectivity index (χ1n) is 4.67. The molecule has 0 spiro atoms. The molecule has 82 valence electrons. The van der Waals surface area contributed by atoms with Crippen molar-refractivity contribution >= 4 is 27.8 Å². The number of hydrogen-bond acceptors (Lipinski definition) is 4. The van der Waals surface area contributed by atoms with Crippen LogP contribution in [0.3, 0.4) is 0 Å². The lowest BCUT2D eigenvalue weighted by molar-refractivity contribution is -0.115. The van der Waals surface area contributed by atoms with Crippen molar-refractivity contribution in [3.8, 4) is 0 Å².